The molecule has 5 heteroatoms. The highest BCUT2D eigenvalue weighted by atomic mass is 16.6. The van der Waals surface area contributed by atoms with Gasteiger partial charge in [-0.3, -0.25) is 0 Å². The first kappa shape index (κ1) is 13.2. The Balaban J connectivity index is 2.65. The first-order valence-electron chi connectivity index (χ1n) is 5.25. The van der Waals surface area contributed by atoms with Crippen LogP contribution in [0.4, 0.5) is 0 Å². The van der Waals surface area contributed by atoms with Crippen molar-refractivity contribution in [1.82, 2.24) is 0 Å². The molecule has 1 heterocycles. The molecule has 0 radical (unpaired) electrons. The van der Waals surface area contributed by atoms with E-state index in [2.05, 4.69) is 0 Å². The van der Waals surface area contributed by atoms with Crippen LogP contribution in [0.2, 0.25) is 0 Å². The van der Waals surface area contributed by atoms with Crippen LogP contribution in [0.5, 0.6) is 0 Å². The minimum absolute atomic E-state index is 0.280. The zero-order valence-corrected chi connectivity index (χ0v) is 9.66. The normalized spacial score (nSPS) is 32.4. The SMILES string of the molecule is COC1C(=O)OC(C(O)/C=C/C(C)C)C1O. The van der Waals surface area contributed by atoms with E-state index >= 15 is 0 Å². The molecule has 1 saturated heterocycles. The predicted octanol–water partition coefficient (Wildman–Crippen LogP) is -0.139. The molecule has 2 N–H and O–H groups in total. The van der Waals surface area contributed by atoms with Gasteiger partial charge in [-0.05, 0) is 5.92 Å². The number of methoxy groups -OCH3 is 1. The van der Waals surface area contributed by atoms with Gasteiger partial charge >= 0.3 is 5.97 Å². The maximum absolute atomic E-state index is 11.2. The van der Waals surface area contributed by atoms with Crippen molar-refractivity contribution < 1.29 is 24.5 Å². The highest BCUT2D eigenvalue weighted by Gasteiger charge is 2.46. The lowest BCUT2D eigenvalue weighted by molar-refractivity contribution is -0.150. The van der Waals surface area contributed by atoms with E-state index in [-0.39, 0.29) is 5.92 Å². The van der Waals surface area contributed by atoms with Crippen molar-refractivity contribution in [3.8, 4) is 0 Å². The molecule has 1 aliphatic rings. The van der Waals surface area contributed by atoms with Gasteiger partial charge in [0.05, 0.1) is 0 Å². The molecule has 92 valence electrons. The Hall–Kier alpha value is -0.910. The van der Waals surface area contributed by atoms with Gasteiger partial charge in [0.15, 0.2) is 12.2 Å². The average Bonchev–Trinajstić information content (AvgIpc) is 2.50. The summed E-state index contributed by atoms with van der Waals surface area (Å²) in [7, 11) is 1.31. The molecule has 0 aliphatic carbocycles. The molecule has 0 aromatic heterocycles. The van der Waals surface area contributed by atoms with Crippen molar-refractivity contribution in [2.45, 2.75) is 38.3 Å². The second kappa shape index (κ2) is 5.43. The zero-order valence-electron chi connectivity index (χ0n) is 9.66. The summed E-state index contributed by atoms with van der Waals surface area (Å²) < 4.78 is 9.64. The van der Waals surface area contributed by atoms with Gasteiger partial charge in [-0.15, -0.1) is 0 Å². The number of aliphatic hydroxyl groups is 2. The van der Waals surface area contributed by atoms with Crippen molar-refractivity contribution in [2.75, 3.05) is 7.11 Å². The van der Waals surface area contributed by atoms with Gasteiger partial charge < -0.3 is 19.7 Å². The van der Waals surface area contributed by atoms with E-state index < -0.39 is 30.4 Å². The van der Waals surface area contributed by atoms with Crippen LogP contribution in [0.25, 0.3) is 0 Å². The molecule has 0 spiro atoms. The fourth-order valence-corrected chi connectivity index (χ4v) is 1.54. The molecular formula is C11H18O5. The minimum Gasteiger partial charge on any atom is -0.454 e. The lowest BCUT2D eigenvalue weighted by Gasteiger charge is -2.17. The molecule has 16 heavy (non-hydrogen) atoms. The lowest BCUT2D eigenvalue weighted by atomic mass is 10.0. The summed E-state index contributed by atoms with van der Waals surface area (Å²) in [4.78, 5) is 11.2. The molecule has 1 fully saturated rings. The van der Waals surface area contributed by atoms with Crippen LogP contribution in [0.1, 0.15) is 13.8 Å². The number of hydrogen-bond acceptors (Lipinski definition) is 5. The fourth-order valence-electron chi connectivity index (χ4n) is 1.54. The quantitative estimate of drug-likeness (QED) is 0.519. The molecule has 0 aromatic carbocycles. The maximum atomic E-state index is 11.2. The first-order chi connectivity index (χ1) is 7.47. The maximum Gasteiger partial charge on any atom is 0.338 e. The standard InChI is InChI=1S/C11H18O5/c1-6(2)4-5-7(12)9-8(13)10(15-3)11(14)16-9/h4-10,12-13H,1-3H3/b5-4+. The summed E-state index contributed by atoms with van der Waals surface area (Å²) in [5.74, 6) is -0.362. The molecule has 0 amide bonds. The van der Waals surface area contributed by atoms with Crippen molar-refractivity contribution in [3.63, 3.8) is 0 Å². The summed E-state index contributed by atoms with van der Waals surface area (Å²) in [6.07, 6.45) is -0.805. The highest BCUT2D eigenvalue weighted by molar-refractivity contribution is 5.78. The van der Waals surface area contributed by atoms with Crippen LogP contribution in [0.3, 0.4) is 0 Å². The molecule has 5 nitrogen and oxygen atoms in total. The van der Waals surface area contributed by atoms with E-state index in [4.69, 9.17) is 9.47 Å². The largest absolute Gasteiger partial charge is 0.454 e. The van der Waals surface area contributed by atoms with Gasteiger partial charge in [0, 0.05) is 7.11 Å². The van der Waals surface area contributed by atoms with Crippen LogP contribution in [-0.2, 0) is 14.3 Å². The second-order valence-electron chi connectivity index (χ2n) is 4.17. The molecule has 4 unspecified atom stereocenters. The third-order valence-electron chi connectivity index (χ3n) is 2.42. The van der Waals surface area contributed by atoms with E-state index in [0.717, 1.165) is 0 Å². The van der Waals surface area contributed by atoms with Crippen molar-refractivity contribution in [1.29, 1.82) is 0 Å². The van der Waals surface area contributed by atoms with Crippen LogP contribution in [0, 0.1) is 5.92 Å². The van der Waals surface area contributed by atoms with Gasteiger partial charge in [0.2, 0.25) is 0 Å². The Morgan fingerprint density at radius 2 is 2.06 bits per heavy atom. The van der Waals surface area contributed by atoms with Gasteiger partial charge in [-0.2, -0.15) is 0 Å². The molecular weight excluding hydrogens is 212 g/mol. The number of ether oxygens (including phenoxy) is 2. The van der Waals surface area contributed by atoms with E-state index in [1.807, 2.05) is 13.8 Å². The minimum atomic E-state index is -1.13. The van der Waals surface area contributed by atoms with Crippen molar-refractivity contribution >= 4 is 5.97 Å². The number of cyclic esters (lactones) is 1. The number of allylic oxidation sites excluding steroid dienone is 1. The van der Waals surface area contributed by atoms with Crippen LogP contribution in [-0.4, -0.2) is 47.7 Å². The Morgan fingerprint density at radius 1 is 1.44 bits per heavy atom. The third-order valence-corrected chi connectivity index (χ3v) is 2.42. The number of carbonyl (C=O) groups excluding carboxylic acids is 1. The average molecular weight is 230 g/mol. The predicted molar refractivity (Wildman–Crippen MR) is 56.7 cm³/mol. The van der Waals surface area contributed by atoms with Gasteiger partial charge in [-0.25, -0.2) is 4.79 Å². The monoisotopic (exact) mass is 230 g/mol. The Kier molecular flexibility index (Phi) is 4.46. The zero-order chi connectivity index (χ0) is 12.3. The van der Waals surface area contributed by atoms with Gasteiger partial charge in [0.25, 0.3) is 0 Å². The molecule has 1 rings (SSSR count). The number of rotatable bonds is 4. The molecule has 0 aromatic rings. The number of carbonyl (C=O) groups is 1. The first-order valence-corrected chi connectivity index (χ1v) is 5.25. The van der Waals surface area contributed by atoms with E-state index in [0.29, 0.717) is 0 Å². The Labute approximate surface area is 94.7 Å². The molecule has 4 atom stereocenters. The highest BCUT2D eigenvalue weighted by Crippen LogP contribution is 2.21. The van der Waals surface area contributed by atoms with Crippen molar-refractivity contribution in [3.05, 3.63) is 12.2 Å². The van der Waals surface area contributed by atoms with E-state index in [1.54, 1.807) is 6.08 Å². The lowest BCUT2D eigenvalue weighted by Crippen LogP contribution is -2.38. The van der Waals surface area contributed by atoms with Gasteiger partial charge in [-0.1, -0.05) is 26.0 Å². The summed E-state index contributed by atoms with van der Waals surface area (Å²) in [5.41, 5.74) is 0. The third kappa shape index (κ3) is 2.81. The van der Waals surface area contributed by atoms with Gasteiger partial charge in [0.1, 0.15) is 12.2 Å². The summed E-state index contributed by atoms with van der Waals surface area (Å²) in [6, 6.07) is 0. The fraction of sp³-hybridized carbons (Fsp3) is 0.727. The van der Waals surface area contributed by atoms with E-state index in [1.165, 1.54) is 13.2 Å². The van der Waals surface area contributed by atoms with E-state index in [9.17, 15) is 15.0 Å². The number of esters is 1. The second-order valence-corrected chi connectivity index (χ2v) is 4.17. The number of aliphatic hydroxyl groups excluding tert-OH is 2. The topological polar surface area (TPSA) is 76.0 Å². The van der Waals surface area contributed by atoms with Crippen LogP contribution in [0.15, 0.2) is 12.2 Å². The summed E-state index contributed by atoms with van der Waals surface area (Å²) in [5, 5.41) is 19.4. The molecule has 0 saturated carbocycles. The van der Waals surface area contributed by atoms with Crippen molar-refractivity contribution in [2.24, 2.45) is 5.92 Å². The number of hydrogen-bond donors (Lipinski definition) is 2. The molecule has 1 aliphatic heterocycles. The van der Waals surface area contributed by atoms with Crippen LogP contribution < -0.4 is 0 Å². The smallest absolute Gasteiger partial charge is 0.338 e. The van der Waals surface area contributed by atoms with Crippen LogP contribution >= 0.6 is 0 Å². The molecule has 0 bridgehead atoms. The summed E-state index contributed by atoms with van der Waals surface area (Å²) >= 11 is 0. The Bertz CT molecular complexity index is 274. The summed E-state index contributed by atoms with van der Waals surface area (Å²) in [6.45, 7) is 3.91. The Morgan fingerprint density at radius 3 is 2.50 bits per heavy atom.